The Bertz CT molecular complexity index is 1270. The van der Waals surface area contributed by atoms with Crippen LogP contribution < -0.4 is 5.32 Å². The van der Waals surface area contributed by atoms with Gasteiger partial charge in [0.2, 0.25) is 0 Å². The Hall–Kier alpha value is -3.07. The van der Waals surface area contributed by atoms with Crippen molar-refractivity contribution in [3.8, 4) is 5.69 Å². The molecule has 0 aliphatic carbocycles. The van der Waals surface area contributed by atoms with Crippen molar-refractivity contribution in [2.45, 2.75) is 46.2 Å². The van der Waals surface area contributed by atoms with Gasteiger partial charge in [-0.2, -0.15) is 10.2 Å². The molecule has 8 heteroatoms. The Balaban J connectivity index is 1.31. The quantitative estimate of drug-likeness (QED) is 0.442. The molecule has 0 radical (unpaired) electrons. The molecule has 0 unspecified atom stereocenters. The number of nitrogens with one attached hydrogen (secondary N) is 1. The van der Waals surface area contributed by atoms with Gasteiger partial charge in [-0.3, -0.25) is 4.90 Å². The highest BCUT2D eigenvalue weighted by molar-refractivity contribution is 5.54. The Morgan fingerprint density at radius 2 is 1.97 bits per heavy atom. The van der Waals surface area contributed by atoms with Crippen molar-refractivity contribution in [2.24, 2.45) is 0 Å². The summed E-state index contributed by atoms with van der Waals surface area (Å²) in [5.41, 5.74) is 8.87. The SMILES string of the molecule is CCc1nn2c(C)cc(C)nc2c1Cc1ccc(-n2cc(CN3CCN[C@@H](CO)C3)cn2)cc1. The van der Waals surface area contributed by atoms with Gasteiger partial charge < -0.3 is 10.4 Å². The van der Waals surface area contributed by atoms with E-state index in [2.05, 4.69) is 65.7 Å². The van der Waals surface area contributed by atoms with Crippen LogP contribution in [-0.4, -0.2) is 66.7 Å². The van der Waals surface area contributed by atoms with Crippen LogP contribution in [0.25, 0.3) is 11.3 Å². The van der Waals surface area contributed by atoms with Gasteiger partial charge in [0.15, 0.2) is 5.65 Å². The number of rotatable bonds is 7. The Kier molecular flexibility index (Phi) is 6.45. The van der Waals surface area contributed by atoms with Crippen LogP contribution in [0.1, 0.15) is 40.7 Å². The minimum atomic E-state index is 0.153. The second kappa shape index (κ2) is 9.66. The van der Waals surface area contributed by atoms with Crippen LogP contribution in [0, 0.1) is 13.8 Å². The van der Waals surface area contributed by atoms with E-state index in [1.165, 1.54) is 16.7 Å². The Labute approximate surface area is 200 Å². The first-order valence-electron chi connectivity index (χ1n) is 12.1. The maximum atomic E-state index is 9.42. The van der Waals surface area contributed by atoms with Gasteiger partial charge in [0, 0.05) is 67.4 Å². The molecule has 1 aliphatic heterocycles. The van der Waals surface area contributed by atoms with E-state index in [-0.39, 0.29) is 12.6 Å². The zero-order valence-corrected chi connectivity index (χ0v) is 20.2. The van der Waals surface area contributed by atoms with Crippen LogP contribution in [0.4, 0.5) is 0 Å². The molecule has 2 N–H and O–H groups in total. The number of fused-ring (bicyclic) bond motifs is 1. The summed E-state index contributed by atoms with van der Waals surface area (Å²) in [7, 11) is 0. The van der Waals surface area contributed by atoms with E-state index in [0.29, 0.717) is 0 Å². The Morgan fingerprint density at radius 3 is 2.74 bits per heavy atom. The van der Waals surface area contributed by atoms with Gasteiger partial charge in [-0.05, 0) is 44.0 Å². The summed E-state index contributed by atoms with van der Waals surface area (Å²) < 4.78 is 3.91. The molecule has 1 aromatic carbocycles. The molecule has 4 heterocycles. The third-order valence-corrected chi connectivity index (χ3v) is 6.59. The number of benzene rings is 1. The Morgan fingerprint density at radius 1 is 1.15 bits per heavy atom. The van der Waals surface area contributed by atoms with E-state index in [0.717, 1.165) is 67.4 Å². The molecular formula is C26H33N7O. The third-order valence-electron chi connectivity index (χ3n) is 6.59. The largest absolute Gasteiger partial charge is 0.395 e. The zero-order valence-electron chi connectivity index (χ0n) is 20.2. The molecule has 0 saturated carbocycles. The minimum Gasteiger partial charge on any atom is -0.395 e. The molecule has 1 aliphatic rings. The topological polar surface area (TPSA) is 83.5 Å². The number of aliphatic hydroxyl groups is 1. The predicted molar refractivity (Wildman–Crippen MR) is 132 cm³/mol. The van der Waals surface area contributed by atoms with Gasteiger partial charge in [-0.25, -0.2) is 14.2 Å². The standard InChI is InChI=1S/C26H33N7O/c1-4-25-24(26-29-18(2)11-19(3)33(26)30-25)12-20-5-7-23(8-6-20)32-15-21(13-28-32)14-31-10-9-27-22(16-31)17-34/h5-8,11,13,15,22,27,34H,4,9-10,12,14,16-17H2,1-3H3/t22-/m1/s1. The summed E-state index contributed by atoms with van der Waals surface area (Å²) in [5.74, 6) is 0. The molecule has 34 heavy (non-hydrogen) atoms. The zero-order chi connectivity index (χ0) is 23.7. The van der Waals surface area contributed by atoms with Gasteiger partial charge in [0.25, 0.3) is 0 Å². The molecule has 4 aromatic rings. The van der Waals surface area contributed by atoms with Gasteiger partial charge in [-0.15, -0.1) is 0 Å². The molecule has 0 bridgehead atoms. The number of aryl methyl sites for hydroxylation is 3. The van der Waals surface area contributed by atoms with Crippen LogP contribution in [0.2, 0.25) is 0 Å². The fourth-order valence-electron chi connectivity index (χ4n) is 4.85. The van der Waals surface area contributed by atoms with E-state index in [9.17, 15) is 5.11 Å². The van der Waals surface area contributed by atoms with Gasteiger partial charge in [-0.1, -0.05) is 19.1 Å². The summed E-state index contributed by atoms with van der Waals surface area (Å²) in [6.07, 6.45) is 5.73. The number of piperazine rings is 1. The minimum absolute atomic E-state index is 0.153. The molecule has 5 rings (SSSR count). The van der Waals surface area contributed by atoms with Crippen LogP contribution in [0.3, 0.4) is 0 Å². The third kappa shape index (κ3) is 4.61. The summed E-state index contributed by atoms with van der Waals surface area (Å²) in [5, 5.41) is 22.2. The van der Waals surface area contributed by atoms with Crippen molar-refractivity contribution in [2.75, 3.05) is 26.2 Å². The lowest BCUT2D eigenvalue weighted by Crippen LogP contribution is -2.51. The van der Waals surface area contributed by atoms with Gasteiger partial charge in [0.05, 0.1) is 24.2 Å². The van der Waals surface area contributed by atoms with Crippen LogP contribution >= 0.6 is 0 Å². The lowest BCUT2D eigenvalue weighted by molar-refractivity contribution is 0.143. The fourth-order valence-corrected chi connectivity index (χ4v) is 4.85. The normalized spacial score (nSPS) is 17.0. The monoisotopic (exact) mass is 459 g/mol. The van der Waals surface area contributed by atoms with E-state index in [4.69, 9.17) is 10.1 Å². The van der Waals surface area contributed by atoms with E-state index >= 15 is 0 Å². The number of aromatic nitrogens is 5. The van der Waals surface area contributed by atoms with Crippen molar-refractivity contribution in [3.05, 3.63) is 76.5 Å². The maximum absolute atomic E-state index is 9.42. The van der Waals surface area contributed by atoms with E-state index in [1.54, 1.807) is 0 Å². The van der Waals surface area contributed by atoms with Crippen LogP contribution in [0.15, 0.2) is 42.7 Å². The van der Waals surface area contributed by atoms with E-state index in [1.807, 2.05) is 22.3 Å². The summed E-state index contributed by atoms with van der Waals surface area (Å²) in [6, 6.07) is 10.8. The number of hydrogen-bond donors (Lipinski definition) is 2. The first kappa shape index (κ1) is 22.7. The molecule has 1 fully saturated rings. The van der Waals surface area contributed by atoms with Crippen molar-refractivity contribution >= 4 is 5.65 Å². The summed E-state index contributed by atoms with van der Waals surface area (Å²) in [6.45, 7) is 10.0. The van der Waals surface area contributed by atoms with E-state index < -0.39 is 0 Å². The molecule has 3 aromatic heterocycles. The van der Waals surface area contributed by atoms with Gasteiger partial charge >= 0.3 is 0 Å². The number of aliphatic hydroxyl groups excluding tert-OH is 1. The summed E-state index contributed by atoms with van der Waals surface area (Å²) in [4.78, 5) is 7.15. The fraction of sp³-hybridized carbons (Fsp3) is 0.423. The highest BCUT2D eigenvalue weighted by Crippen LogP contribution is 2.22. The highest BCUT2D eigenvalue weighted by Gasteiger charge is 2.19. The van der Waals surface area contributed by atoms with Gasteiger partial charge in [0.1, 0.15) is 0 Å². The average molecular weight is 460 g/mol. The molecule has 0 amide bonds. The second-order valence-electron chi connectivity index (χ2n) is 9.26. The molecule has 0 spiro atoms. The lowest BCUT2D eigenvalue weighted by atomic mass is 10.0. The van der Waals surface area contributed by atoms with Crippen molar-refractivity contribution in [1.29, 1.82) is 0 Å². The van der Waals surface area contributed by atoms with Crippen LogP contribution in [-0.2, 0) is 19.4 Å². The van der Waals surface area contributed by atoms with Crippen molar-refractivity contribution in [3.63, 3.8) is 0 Å². The van der Waals surface area contributed by atoms with Crippen molar-refractivity contribution in [1.82, 2.24) is 34.6 Å². The second-order valence-corrected chi connectivity index (χ2v) is 9.26. The molecule has 1 atom stereocenters. The van der Waals surface area contributed by atoms with Crippen molar-refractivity contribution < 1.29 is 5.11 Å². The molecule has 1 saturated heterocycles. The van der Waals surface area contributed by atoms with Crippen LogP contribution in [0.5, 0.6) is 0 Å². The number of hydrogen-bond acceptors (Lipinski definition) is 6. The first-order valence-corrected chi connectivity index (χ1v) is 12.1. The predicted octanol–water partition coefficient (Wildman–Crippen LogP) is 2.45. The summed E-state index contributed by atoms with van der Waals surface area (Å²) >= 11 is 0. The molecule has 178 valence electrons. The average Bonchev–Trinajstić information content (AvgIpc) is 3.45. The lowest BCUT2D eigenvalue weighted by Gasteiger charge is -2.32. The highest BCUT2D eigenvalue weighted by atomic mass is 16.3. The molecular weight excluding hydrogens is 426 g/mol. The molecule has 8 nitrogen and oxygen atoms in total. The number of nitrogens with zero attached hydrogens (tertiary/aromatic N) is 6. The maximum Gasteiger partial charge on any atom is 0.159 e. The first-order chi connectivity index (χ1) is 16.5. The smallest absolute Gasteiger partial charge is 0.159 e.